The van der Waals surface area contributed by atoms with E-state index in [1.165, 1.54) is 0 Å². The fourth-order valence-corrected chi connectivity index (χ4v) is 4.20. The van der Waals surface area contributed by atoms with Crippen LogP contribution >= 0.6 is 0 Å². The van der Waals surface area contributed by atoms with Crippen molar-refractivity contribution in [3.05, 3.63) is 48.3 Å². The number of aromatic amines is 2. The average molecular weight is 399 g/mol. The lowest BCUT2D eigenvalue weighted by Gasteiger charge is -2.22. The van der Waals surface area contributed by atoms with Gasteiger partial charge in [-0.1, -0.05) is 0 Å². The van der Waals surface area contributed by atoms with Crippen LogP contribution in [0.15, 0.2) is 36.9 Å². The molecule has 0 aromatic carbocycles. The summed E-state index contributed by atoms with van der Waals surface area (Å²) in [4.78, 5) is 21.9. The second-order valence-corrected chi connectivity index (χ2v) is 7.76. The molecule has 6 rings (SSSR count). The number of imidazole rings is 2. The molecule has 0 aliphatic carbocycles. The predicted molar refractivity (Wildman–Crippen MR) is 113 cm³/mol. The molecular formula is C21H21N9. The monoisotopic (exact) mass is 399 g/mol. The van der Waals surface area contributed by atoms with Gasteiger partial charge < -0.3 is 14.9 Å². The molecule has 1 aliphatic heterocycles. The molecule has 0 bridgehead atoms. The van der Waals surface area contributed by atoms with E-state index in [1.54, 1.807) is 12.5 Å². The maximum absolute atomic E-state index is 4.97. The van der Waals surface area contributed by atoms with Crippen LogP contribution in [0.3, 0.4) is 0 Å². The minimum absolute atomic E-state index is 0.479. The number of fused-ring (bicyclic) bond motifs is 2. The third-order valence-corrected chi connectivity index (χ3v) is 5.76. The number of nitrogens with one attached hydrogen (secondary N) is 3. The van der Waals surface area contributed by atoms with Gasteiger partial charge in [-0.3, -0.25) is 5.10 Å². The normalized spacial score (nSPS) is 15.4. The van der Waals surface area contributed by atoms with Crippen LogP contribution in [0.5, 0.6) is 0 Å². The molecule has 6 heterocycles. The second-order valence-electron chi connectivity index (χ2n) is 7.76. The Morgan fingerprint density at radius 2 is 1.93 bits per heavy atom. The SMILES string of the molecule is Cc1cn(-c2ccnc3[nH]c(-c4n[nH]c5ccc(C6CCNCC6)nc45)nc23)cn1. The zero-order chi connectivity index (χ0) is 20.1. The van der Waals surface area contributed by atoms with Crippen molar-refractivity contribution >= 4 is 22.2 Å². The van der Waals surface area contributed by atoms with E-state index in [9.17, 15) is 0 Å². The molecule has 9 nitrogen and oxygen atoms in total. The number of hydrogen-bond acceptors (Lipinski definition) is 6. The zero-order valence-corrected chi connectivity index (χ0v) is 16.6. The van der Waals surface area contributed by atoms with Gasteiger partial charge in [0.25, 0.3) is 0 Å². The molecular weight excluding hydrogens is 378 g/mol. The third kappa shape index (κ3) is 2.78. The summed E-state index contributed by atoms with van der Waals surface area (Å²) in [6.07, 6.45) is 7.74. The number of nitrogens with zero attached hydrogens (tertiary/aromatic N) is 6. The first-order valence-corrected chi connectivity index (χ1v) is 10.2. The first kappa shape index (κ1) is 17.3. The highest BCUT2D eigenvalue weighted by Crippen LogP contribution is 2.30. The van der Waals surface area contributed by atoms with Crippen molar-refractivity contribution < 1.29 is 0 Å². The topological polar surface area (TPSA) is 113 Å². The van der Waals surface area contributed by atoms with E-state index in [4.69, 9.17) is 9.97 Å². The molecule has 0 radical (unpaired) electrons. The van der Waals surface area contributed by atoms with Gasteiger partial charge in [0.15, 0.2) is 17.2 Å². The van der Waals surface area contributed by atoms with Gasteiger partial charge in [0.2, 0.25) is 0 Å². The van der Waals surface area contributed by atoms with Crippen molar-refractivity contribution in [2.24, 2.45) is 0 Å². The van der Waals surface area contributed by atoms with E-state index in [2.05, 4.69) is 42.6 Å². The summed E-state index contributed by atoms with van der Waals surface area (Å²) in [6.45, 7) is 4.04. The van der Waals surface area contributed by atoms with Crippen molar-refractivity contribution in [2.45, 2.75) is 25.7 Å². The highest BCUT2D eigenvalue weighted by Gasteiger charge is 2.20. The Bertz CT molecular complexity index is 1350. The first-order chi connectivity index (χ1) is 14.8. The Morgan fingerprint density at radius 3 is 2.77 bits per heavy atom. The number of pyridine rings is 2. The maximum Gasteiger partial charge on any atom is 0.162 e. The molecule has 0 saturated carbocycles. The van der Waals surface area contributed by atoms with Crippen LogP contribution in [0.2, 0.25) is 0 Å². The van der Waals surface area contributed by atoms with Crippen molar-refractivity contribution in [3.63, 3.8) is 0 Å². The summed E-state index contributed by atoms with van der Waals surface area (Å²) in [5.74, 6) is 1.13. The van der Waals surface area contributed by atoms with E-state index in [0.29, 0.717) is 23.1 Å². The third-order valence-electron chi connectivity index (χ3n) is 5.76. The Labute approximate surface area is 172 Å². The highest BCUT2D eigenvalue weighted by molar-refractivity contribution is 5.91. The summed E-state index contributed by atoms with van der Waals surface area (Å²) in [6, 6.07) is 6.11. The van der Waals surface area contributed by atoms with E-state index in [-0.39, 0.29) is 0 Å². The van der Waals surface area contributed by atoms with Crippen molar-refractivity contribution in [1.29, 1.82) is 0 Å². The molecule has 9 heteroatoms. The Morgan fingerprint density at radius 1 is 1.03 bits per heavy atom. The van der Waals surface area contributed by atoms with Crippen LogP contribution in [-0.4, -0.2) is 52.8 Å². The van der Waals surface area contributed by atoms with E-state index in [0.717, 1.165) is 59.6 Å². The van der Waals surface area contributed by atoms with Crippen LogP contribution in [0, 0.1) is 6.92 Å². The van der Waals surface area contributed by atoms with Crippen LogP contribution in [0.1, 0.15) is 30.1 Å². The van der Waals surface area contributed by atoms with E-state index >= 15 is 0 Å². The standard InChI is InChI=1S/C21H21N9/c1-12-10-30(11-24-12)16-6-9-23-20-18(16)26-21(27-20)19-17-15(28-29-19)3-2-14(25-17)13-4-7-22-8-5-13/h2-3,6,9-11,13,22H,4-5,7-8H2,1H3,(H,28,29)(H,23,26,27). The van der Waals surface area contributed by atoms with Gasteiger partial charge in [-0.05, 0) is 51.1 Å². The largest absolute Gasteiger partial charge is 0.321 e. The summed E-state index contributed by atoms with van der Waals surface area (Å²) >= 11 is 0. The molecule has 5 aromatic rings. The average Bonchev–Trinajstić information content (AvgIpc) is 3.51. The molecule has 5 aromatic heterocycles. The molecule has 0 unspecified atom stereocenters. The van der Waals surface area contributed by atoms with Gasteiger partial charge in [-0.25, -0.2) is 19.9 Å². The molecule has 150 valence electrons. The van der Waals surface area contributed by atoms with Crippen LogP contribution in [0.25, 0.3) is 39.4 Å². The fourth-order valence-electron chi connectivity index (χ4n) is 4.20. The summed E-state index contributed by atoms with van der Waals surface area (Å²) in [5.41, 5.74) is 6.93. The zero-order valence-electron chi connectivity index (χ0n) is 16.6. The molecule has 1 fully saturated rings. The number of piperidine rings is 1. The van der Waals surface area contributed by atoms with Gasteiger partial charge >= 0.3 is 0 Å². The van der Waals surface area contributed by atoms with Crippen molar-refractivity contribution in [3.8, 4) is 17.2 Å². The lowest BCUT2D eigenvalue weighted by Crippen LogP contribution is -2.27. The number of hydrogen-bond donors (Lipinski definition) is 3. The Kier molecular flexibility index (Phi) is 3.88. The predicted octanol–water partition coefficient (Wildman–Crippen LogP) is 2.86. The van der Waals surface area contributed by atoms with Gasteiger partial charge in [0.05, 0.1) is 23.2 Å². The number of aromatic nitrogens is 8. The van der Waals surface area contributed by atoms with Crippen molar-refractivity contribution in [1.82, 2.24) is 45.0 Å². The summed E-state index contributed by atoms with van der Waals surface area (Å²) < 4.78 is 1.96. The number of rotatable bonds is 3. The van der Waals surface area contributed by atoms with Crippen LogP contribution in [-0.2, 0) is 0 Å². The minimum Gasteiger partial charge on any atom is -0.321 e. The molecule has 30 heavy (non-hydrogen) atoms. The molecule has 0 atom stereocenters. The molecule has 1 aliphatic rings. The second kappa shape index (κ2) is 6.74. The maximum atomic E-state index is 4.97. The van der Waals surface area contributed by atoms with E-state index in [1.807, 2.05) is 23.8 Å². The number of H-pyrrole nitrogens is 2. The molecule has 3 N–H and O–H groups in total. The molecule has 0 spiro atoms. The fraction of sp³-hybridized carbons (Fsp3) is 0.286. The quantitative estimate of drug-likeness (QED) is 0.430. The highest BCUT2D eigenvalue weighted by atomic mass is 15.2. The summed E-state index contributed by atoms with van der Waals surface area (Å²) in [5, 5.41) is 11.0. The van der Waals surface area contributed by atoms with Gasteiger partial charge in [0, 0.05) is 24.0 Å². The lowest BCUT2D eigenvalue weighted by atomic mass is 9.94. The van der Waals surface area contributed by atoms with E-state index < -0.39 is 0 Å². The Balaban J connectivity index is 1.47. The van der Waals surface area contributed by atoms with Crippen molar-refractivity contribution in [2.75, 3.05) is 13.1 Å². The Hall–Kier alpha value is -3.59. The van der Waals surface area contributed by atoms with Gasteiger partial charge in [-0.15, -0.1) is 0 Å². The van der Waals surface area contributed by atoms with Gasteiger partial charge in [-0.2, -0.15) is 5.10 Å². The van der Waals surface area contributed by atoms with Gasteiger partial charge in [0.1, 0.15) is 11.0 Å². The smallest absolute Gasteiger partial charge is 0.162 e. The first-order valence-electron chi connectivity index (χ1n) is 10.2. The van der Waals surface area contributed by atoms with Crippen LogP contribution in [0.4, 0.5) is 0 Å². The summed E-state index contributed by atoms with van der Waals surface area (Å²) in [7, 11) is 0. The number of aryl methyl sites for hydroxylation is 1. The molecule has 0 amide bonds. The van der Waals surface area contributed by atoms with Crippen LogP contribution < -0.4 is 5.32 Å². The molecule has 1 saturated heterocycles. The minimum atomic E-state index is 0.479. The lowest BCUT2D eigenvalue weighted by molar-refractivity contribution is 0.454.